The van der Waals surface area contributed by atoms with Crippen molar-refractivity contribution in [3.8, 4) is 0 Å². The minimum atomic E-state index is 0.793. The average molecular weight is 513 g/mol. The quantitative estimate of drug-likeness (QED) is 0.337. The molecule has 5 fully saturated rings. The first-order chi connectivity index (χ1) is 17.7. The van der Waals surface area contributed by atoms with Crippen LogP contribution in [0.5, 0.6) is 0 Å². The molecular weight excluding hydrogens is 456 g/mol. The number of rotatable bonds is 7. The maximum atomic E-state index is 4.40. The predicted molar refractivity (Wildman–Crippen MR) is 157 cm³/mol. The molecule has 0 bridgehead atoms. The predicted octanol–water partition coefficient (Wildman–Crippen LogP) is 8.12. The molecule has 0 spiro atoms. The van der Waals surface area contributed by atoms with Crippen LogP contribution in [-0.2, 0) is 0 Å². The van der Waals surface area contributed by atoms with E-state index in [4.69, 9.17) is 0 Å². The Morgan fingerprint density at radius 1 is 0.833 bits per heavy atom. The molecule has 0 aromatic carbocycles. The Kier molecular flexibility index (Phi) is 9.08. The monoisotopic (exact) mass is 512 g/mol. The van der Waals surface area contributed by atoms with Crippen LogP contribution in [0.4, 0.5) is 0 Å². The van der Waals surface area contributed by atoms with E-state index >= 15 is 0 Å². The Morgan fingerprint density at radius 3 is 2.56 bits per heavy atom. The molecule has 5 aliphatic carbocycles. The van der Waals surface area contributed by atoms with E-state index in [0.29, 0.717) is 0 Å². The number of nitrogens with one attached hydrogen (secondary N) is 2. The molecule has 8 atom stereocenters. The number of allylic oxidation sites excluding steroid dienone is 1. The zero-order valence-corrected chi connectivity index (χ0v) is 24.2. The minimum absolute atomic E-state index is 0.793. The van der Waals surface area contributed by atoms with Gasteiger partial charge in [0.1, 0.15) is 0 Å². The highest BCUT2D eigenvalue weighted by Crippen LogP contribution is 2.59. The Morgan fingerprint density at radius 2 is 1.72 bits per heavy atom. The molecule has 1 saturated heterocycles. The van der Waals surface area contributed by atoms with Crippen LogP contribution in [0.1, 0.15) is 122 Å². The number of hydrogen-bond acceptors (Lipinski definition) is 3. The van der Waals surface area contributed by atoms with Gasteiger partial charge in [-0.05, 0) is 126 Å². The Bertz CT molecular complexity index is 727. The minimum Gasteiger partial charge on any atom is -0.313 e. The van der Waals surface area contributed by atoms with Gasteiger partial charge in [-0.1, -0.05) is 50.7 Å². The smallest absolute Gasteiger partial charge is 0.0164 e. The van der Waals surface area contributed by atoms with Crippen LogP contribution >= 0.6 is 11.8 Å². The lowest BCUT2D eigenvalue weighted by atomic mass is 9.62. The highest BCUT2D eigenvalue weighted by atomic mass is 32.2. The average Bonchev–Trinajstić information content (AvgIpc) is 3.29. The van der Waals surface area contributed by atoms with Gasteiger partial charge in [0.2, 0.25) is 0 Å². The van der Waals surface area contributed by atoms with Crippen molar-refractivity contribution < 1.29 is 0 Å². The molecule has 36 heavy (non-hydrogen) atoms. The van der Waals surface area contributed by atoms with Crippen molar-refractivity contribution >= 4 is 11.8 Å². The second-order valence-corrected chi connectivity index (χ2v) is 15.6. The van der Waals surface area contributed by atoms with E-state index in [9.17, 15) is 0 Å². The first-order valence-electron chi connectivity index (χ1n) is 16.5. The van der Waals surface area contributed by atoms with Crippen LogP contribution in [-0.4, -0.2) is 35.7 Å². The maximum absolute atomic E-state index is 4.40. The van der Waals surface area contributed by atoms with Gasteiger partial charge in [-0.3, -0.25) is 0 Å². The van der Waals surface area contributed by atoms with E-state index in [1.165, 1.54) is 116 Å². The van der Waals surface area contributed by atoms with Crippen molar-refractivity contribution in [2.24, 2.45) is 35.5 Å². The van der Waals surface area contributed by atoms with Crippen molar-refractivity contribution in [3.63, 3.8) is 0 Å². The lowest BCUT2D eigenvalue weighted by Gasteiger charge is -2.48. The fraction of sp³-hybridized carbons (Fsp3) is 0.939. The summed E-state index contributed by atoms with van der Waals surface area (Å²) in [5.74, 6) is 5.97. The van der Waals surface area contributed by atoms with E-state index in [-0.39, 0.29) is 0 Å². The molecule has 3 heteroatoms. The van der Waals surface area contributed by atoms with E-state index in [1.807, 2.05) is 0 Å². The van der Waals surface area contributed by atoms with Crippen LogP contribution < -0.4 is 10.6 Å². The van der Waals surface area contributed by atoms with Crippen molar-refractivity contribution in [1.29, 1.82) is 0 Å². The standard InChI is InChI=1S/C33H56N2S/c1-23-8-7-11-26(20-23)32-30(19-18-29-28-12-5-6-13-31(28)36-33(29)32)35-27-16-14-25(15-17-27)22-34-21-24-9-3-2-4-10-24/h9,23,25-35H,2-8,10-22H2,1H3. The molecule has 1 aliphatic heterocycles. The van der Waals surface area contributed by atoms with Gasteiger partial charge in [-0.2, -0.15) is 11.8 Å². The molecule has 2 N–H and O–H groups in total. The van der Waals surface area contributed by atoms with Gasteiger partial charge < -0.3 is 10.6 Å². The molecule has 0 amide bonds. The van der Waals surface area contributed by atoms with E-state index in [0.717, 1.165) is 64.6 Å². The van der Waals surface area contributed by atoms with Crippen molar-refractivity contribution in [2.45, 2.75) is 145 Å². The van der Waals surface area contributed by atoms with Crippen molar-refractivity contribution in [3.05, 3.63) is 11.6 Å². The van der Waals surface area contributed by atoms with E-state index in [2.05, 4.69) is 35.4 Å². The SMILES string of the molecule is CC1CCCC(C2C(NC3CCC(CNCC4=CCCCC4)CC3)CCC3C4CCCCC4SC32)C1. The molecule has 1 heterocycles. The summed E-state index contributed by atoms with van der Waals surface area (Å²) in [6.07, 6.45) is 28.9. The van der Waals surface area contributed by atoms with E-state index in [1.54, 1.807) is 12.0 Å². The molecule has 204 valence electrons. The first-order valence-corrected chi connectivity index (χ1v) is 17.5. The zero-order valence-electron chi connectivity index (χ0n) is 23.4. The molecule has 2 nitrogen and oxygen atoms in total. The fourth-order valence-electron chi connectivity index (χ4n) is 9.84. The maximum Gasteiger partial charge on any atom is 0.0164 e. The highest BCUT2D eigenvalue weighted by Gasteiger charge is 2.53. The highest BCUT2D eigenvalue weighted by molar-refractivity contribution is 8.00. The molecule has 6 aliphatic rings. The Balaban J connectivity index is 1.04. The van der Waals surface area contributed by atoms with E-state index < -0.39 is 0 Å². The largest absolute Gasteiger partial charge is 0.313 e. The van der Waals surface area contributed by atoms with Gasteiger partial charge in [0.25, 0.3) is 0 Å². The number of thioether (sulfide) groups is 1. The lowest BCUT2D eigenvalue weighted by Crippen LogP contribution is -2.54. The van der Waals surface area contributed by atoms with Crippen LogP contribution in [0.25, 0.3) is 0 Å². The summed E-state index contributed by atoms with van der Waals surface area (Å²) >= 11 is 2.52. The molecular formula is C33H56N2S. The van der Waals surface area contributed by atoms with Crippen molar-refractivity contribution in [2.75, 3.05) is 13.1 Å². The van der Waals surface area contributed by atoms with Gasteiger partial charge in [0.15, 0.2) is 0 Å². The molecule has 0 radical (unpaired) electrons. The molecule has 4 saturated carbocycles. The summed E-state index contributed by atoms with van der Waals surface area (Å²) in [5, 5.41) is 10.2. The van der Waals surface area contributed by atoms with Crippen LogP contribution in [0.2, 0.25) is 0 Å². The topological polar surface area (TPSA) is 24.1 Å². The van der Waals surface area contributed by atoms with Crippen molar-refractivity contribution in [1.82, 2.24) is 10.6 Å². The fourth-order valence-corrected chi connectivity index (χ4v) is 12.2. The number of fused-ring (bicyclic) bond motifs is 3. The number of hydrogen-bond donors (Lipinski definition) is 2. The summed E-state index contributed by atoms with van der Waals surface area (Å²) in [5.41, 5.74) is 1.68. The summed E-state index contributed by atoms with van der Waals surface area (Å²) < 4.78 is 0. The second-order valence-electron chi connectivity index (χ2n) is 14.2. The lowest BCUT2D eigenvalue weighted by molar-refractivity contribution is 0.0813. The third kappa shape index (κ3) is 6.09. The van der Waals surface area contributed by atoms with Crippen LogP contribution in [0.3, 0.4) is 0 Å². The summed E-state index contributed by atoms with van der Waals surface area (Å²) in [4.78, 5) is 0. The van der Waals surface area contributed by atoms with Gasteiger partial charge in [0, 0.05) is 29.1 Å². The molecule has 8 unspecified atom stereocenters. The van der Waals surface area contributed by atoms with Gasteiger partial charge >= 0.3 is 0 Å². The van der Waals surface area contributed by atoms with Crippen LogP contribution in [0.15, 0.2) is 11.6 Å². The summed E-state index contributed by atoms with van der Waals surface area (Å²) in [6, 6.07) is 1.60. The second kappa shape index (κ2) is 12.5. The van der Waals surface area contributed by atoms with Gasteiger partial charge in [0.05, 0.1) is 0 Å². The summed E-state index contributed by atoms with van der Waals surface area (Å²) in [7, 11) is 0. The first kappa shape index (κ1) is 26.2. The molecule has 6 rings (SSSR count). The van der Waals surface area contributed by atoms with Crippen LogP contribution in [0, 0.1) is 35.5 Å². The molecule has 0 aromatic rings. The molecule has 0 aromatic heterocycles. The third-order valence-corrected chi connectivity index (χ3v) is 13.6. The Labute approximate surface area is 227 Å². The summed E-state index contributed by atoms with van der Waals surface area (Å²) in [6.45, 7) is 4.96. The normalized spacial score (nSPS) is 45.5. The third-order valence-electron chi connectivity index (χ3n) is 11.7. The zero-order chi connectivity index (χ0) is 24.3. The van der Waals surface area contributed by atoms with Gasteiger partial charge in [-0.15, -0.1) is 0 Å². The Hall–Kier alpha value is 0.01000. The van der Waals surface area contributed by atoms with Gasteiger partial charge in [-0.25, -0.2) is 0 Å².